The van der Waals surface area contributed by atoms with E-state index in [-0.39, 0.29) is 11.4 Å². The summed E-state index contributed by atoms with van der Waals surface area (Å²) >= 11 is 2.85. The Hall–Kier alpha value is -0.820. The fourth-order valence-corrected chi connectivity index (χ4v) is 2.67. The van der Waals surface area contributed by atoms with Gasteiger partial charge in [0.05, 0.1) is 5.75 Å². The van der Waals surface area contributed by atoms with E-state index < -0.39 is 0 Å². The molecule has 0 aromatic carbocycles. The van der Waals surface area contributed by atoms with Crippen molar-refractivity contribution in [2.75, 3.05) is 18.1 Å². The van der Waals surface area contributed by atoms with Crippen molar-refractivity contribution in [1.82, 2.24) is 15.5 Å². The first-order chi connectivity index (χ1) is 7.40. The SMILES string of the molecule is CNC(=O)CSc1nnc(NC(C)(C)C)s1. The molecule has 0 atom stereocenters. The van der Waals surface area contributed by atoms with E-state index in [0.717, 1.165) is 9.47 Å². The highest BCUT2D eigenvalue weighted by atomic mass is 32.2. The maximum Gasteiger partial charge on any atom is 0.230 e. The Morgan fingerprint density at radius 3 is 2.69 bits per heavy atom. The Kier molecular flexibility index (Phi) is 4.55. The van der Waals surface area contributed by atoms with Crippen molar-refractivity contribution in [2.24, 2.45) is 0 Å². The van der Waals surface area contributed by atoms with Gasteiger partial charge in [-0.2, -0.15) is 0 Å². The smallest absolute Gasteiger partial charge is 0.230 e. The van der Waals surface area contributed by atoms with E-state index in [4.69, 9.17) is 0 Å². The number of carbonyl (C=O) groups is 1. The minimum atomic E-state index is -0.0255. The topological polar surface area (TPSA) is 66.9 Å². The number of hydrogen-bond acceptors (Lipinski definition) is 6. The normalized spacial score (nSPS) is 11.2. The molecule has 90 valence electrons. The quantitative estimate of drug-likeness (QED) is 0.805. The lowest BCUT2D eigenvalue weighted by molar-refractivity contribution is -0.118. The molecule has 0 bridgehead atoms. The van der Waals surface area contributed by atoms with Gasteiger partial charge in [0.2, 0.25) is 11.0 Å². The Bertz CT molecular complexity index is 359. The van der Waals surface area contributed by atoms with Gasteiger partial charge in [0, 0.05) is 12.6 Å². The predicted molar refractivity (Wildman–Crippen MR) is 68.1 cm³/mol. The molecule has 1 rings (SSSR count). The van der Waals surface area contributed by atoms with Gasteiger partial charge >= 0.3 is 0 Å². The van der Waals surface area contributed by atoms with Crippen LogP contribution in [0.1, 0.15) is 20.8 Å². The molecule has 1 heterocycles. The van der Waals surface area contributed by atoms with Crippen molar-refractivity contribution in [1.29, 1.82) is 0 Å². The van der Waals surface area contributed by atoms with Crippen LogP contribution in [0.3, 0.4) is 0 Å². The average molecular weight is 260 g/mol. The highest BCUT2D eigenvalue weighted by Gasteiger charge is 2.13. The van der Waals surface area contributed by atoms with Crippen LogP contribution < -0.4 is 10.6 Å². The first-order valence-electron chi connectivity index (χ1n) is 4.86. The van der Waals surface area contributed by atoms with Gasteiger partial charge in [0.15, 0.2) is 4.34 Å². The molecule has 1 aromatic rings. The molecule has 5 nitrogen and oxygen atoms in total. The highest BCUT2D eigenvalue weighted by Crippen LogP contribution is 2.26. The number of nitrogens with zero attached hydrogens (tertiary/aromatic N) is 2. The van der Waals surface area contributed by atoms with Crippen LogP contribution in [0.2, 0.25) is 0 Å². The van der Waals surface area contributed by atoms with Gasteiger partial charge in [0.1, 0.15) is 0 Å². The maximum absolute atomic E-state index is 11.0. The summed E-state index contributed by atoms with van der Waals surface area (Å²) in [5.41, 5.74) is -0.0255. The monoisotopic (exact) mass is 260 g/mol. The van der Waals surface area contributed by atoms with Crippen molar-refractivity contribution in [2.45, 2.75) is 30.6 Å². The highest BCUT2D eigenvalue weighted by molar-refractivity contribution is 8.01. The van der Waals surface area contributed by atoms with Crippen LogP contribution in [0.4, 0.5) is 5.13 Å². The van der Waals surface area contributed by atoms with Gasteiger partial charge in [-0.15, -0.1) is 10.2 Å². The minimum absolute atomic E-state index is 0.00877. The van der Waals surface area contributed by atoms with Gasteiger partial charge in [-0.3, -0.25) is 4.79 Å². The summed E-state index contributed by atoms with van der Waals surface area (Å²) in [7, 11) is 1.62. The molecule has 0 saturated heterocycles. The molecule has 2 N–H and O–H groups in total. The van der Waals surface area contributed by atoms with E-state index >= 15 is 0 Å². The number of aromatic nitrogens is 2. The zero-order chi connectivity index (χ0) is 12.2. The molecule has 0 radical (unpaired) electrons. The van der Waals surface area contributed by atoms with Crippen molar-refractivity contribution in [3.8, 4) is 0 Å². The Labute approximate surface area is 103 Å². The van der Waals surface area contributed by atoms with E-state index in [0.29, 0.717) is 5.75 Å². The lowest BCUT2D eigenvalue weighted by Gasteiger charge is -2.18. The summed E-state index contributed by atoms with van der Waals surface area (Å²) in [6, 6.07) is 0. The molecule has 16 heavy (non-hydrogen) atoms. The second kappa shape index (κ2) is 5.49. The summed E-state index contributed by atoms with van der Waals surface area (Å²) in [6.45, 7) is 6.18. The first kappa shape index (κ1) is 13.2. The number of thioether (sulfide) groups is 1. The lowest BCUT2D eigenvalue weighted by Crippen LogP contribution is -2.25. The number of anilines is 1. The number of nitrogens with one attached hydrogen (secondary N) is 2. The Balaban J connectivity index is 2.49. The standard InChI is InChI=1S/C9H16N4OS2/c1-9(2,3)11-7-12-13-8(16-7)15-5-6(14)10-4/h5H2,1-4H3,(H,10,14)(H,11,12). The first-order valence-corrected chi connectivity index (χ1v) is 6.66. The molecule has 0 aliphatic heterocycles. The summed E-state index contributed by atoms with van der Waals surface area (Å²) in [5.74, 6) is 0.367. The molecule has 0 aliphatic rings. The molecule has 0 unspecified atom stereocenters. The molecule has 1 amide bonds. The van der Waals surface area contributed by atoms with Crippen molar-refractivity contribution >= 4 is 34.1 Å². The fourth-order valence-electron chi connectivity index (χ4n) is 0.839. The van der Waals surface area contributed by atoms with Gasteiger partial charge in [0.25, 0.3) is 0 Å². The van der Waals surface area contributed by atoms with E-state index in [1.165, 1.54) is 23.1 Å². The number of carbonyl (C=O) groups excluding carboxylic acids is 1. The lowest BCUT2D eigenvalue weighted by atomic mass is 10.1. The molecular formula is C9H16N4OS2. The largest absolute Gasteiger partial charge is 0.358 e. The summed E-state index contributed by atoms with van der Waals surface area (Å²) in [5, 5.41) is 14.6. The van der Waals surface area contributed by atoms with Crippen LogP contribution in [0, 0.1) is 0 Å². The minimum Gasteiger partial charge on any atom is -0.358 e. The number of amides is 1. The Morgan fingerprint density at radius 1 is 1.44 bits per heavy atom. The van der Waals surface area contributed by atoms with Gasteiger partial charge in [-0.05, 0) is 20.8 Å². The van der Waals surface area contributed by atoms with E-state index in [2.05, 4.69) is 41.6 Å². The molecule has 7 heteroatoms. The zero-order valence-electron chi connectivity index (χ0n) is 9.83. The molecule has 0 saturated carbocycles. The van der Waals surface area contributed by atoms with Crippen LogP contribution in [0.25, 0.3) is 0 Å². The second-order valence-electron chi connectivity index (χ2n) is 4.21. The molecule has 0 aliphatic carbocycles. The van der Waals surface area contributed by atoms with Gasteiger partial charge < -0.3 is 10.6 Å². The molecule has 0 spiro atoms. The zero-order valence-corrected chi connectivity index (χ0v) is 11.5. The van der Waals surface area contributed by atoms with E-state index in [1.807, 2.05) is 0 Å². The summed E-state index contributed by atoms with van der Waals surface area (Å²) in [4.78, 5) is 11.0. The van der Waals surface area contributed by atoms with E-state index in [1.54, 1.807) is 7.05 Å². The predicted octanol–water partition coefficient (Wildman–Crippen LogP) is 1.59. The van der Waals surface area contributed by atoms with Crippen LogP contribution >= 0.6 is 23.1 Å². The maximum atomic E-state index is 11.0. The van der Waals surface area contributed by atoms with E-state index in [9.17, 15) is 4.79 Å². The van der Waals surface area contributed by atoms with Crippen molar-refractivity contribution < 1.29 is 4.79 Å². The third-order valence-corrected chi connectivity index (χ3v) is 3.47. The third-order valence-electron chi connectivity index (χ3n) is 1.49. The van der Waals surface area contributed by atoms with Crippen LogP contribution in [-0.4, -0.2) is 34.4 Å². The molecule has 0 fully saturated rings. The van der Waals surface area contributed by atoms with Gasteiger partial charge in [-0.1, -0.05) is 23.1 Å². The number of hydrogen-bond donors (Lipinski definition) is 2. The third kappa shape index (κ3) is 4.80. The van der Waals surface area contributed by atoms with Crippen LogP contribution in [0.5, 0.6) is 0 Å². The summed E-state index contributed by atoms with van der Waals surface area (Å²) < 4.78 is 0.801. The van der Waals surface area contributed by atoms with Crippen LogP contribution in [-0.2, 0) is 4.79 Å². The summed E-state index contributed by atoms with van der Waals surface area (Å²) in [6.07, 6.45) is 0. The molecule has 1 aromatic heterocycles. The second-order valence-corrected chi connectivity index (χ2v) is 6.41. The Morgan fingerprint density at radius 2 is 2.12 bits per heavy atom. The fraction of sp³-hybridized carbons (Fsp3) is 0.667. The van der Waals surface area contributed by atoms with Crippen molar-refractivity contribution in [3.63, 3.8) is 0 Å². The van der Waals surface area contributed by atoms with Crippen molar-refractivity contribution in [3.05, 3.63) is 0 Å². The molecular weight excluding hydrogens is 244 g/mol. The van der Waals surface area contributed by atoms with Crippen LogP contribution in [0.15, 0.2) is 4.34 Å². The average Bonchev–Trinajstić information content (AvgIpc) is 2.59. The number of rotatable bonds is 4. The van der Waals surface area contributed by atoms with Gasteiger partial charge in [-0.25, -0.2) is 0 Å².